The number of alkyl halides is 3. The van der Waals surface area contributed by atoms with Crippen LogP contribution in [0.3, 0.4) is 0 Å². The van der Waals surface area contributed by atoms with Crippen molar-refractivity contribution in [3.8, 4) is 5.75 Å². The fourth-order valence-electron chi connectivity index (χ4n) is 5.99. The number of carbonyl (C=O) groups excluding carboxylic acids is 2. The first-order chi connectivity index (χ1) is 19.8. The average molecular weight is 610 g/mol. The molecule has 230 valence electrons. The SMILES string of the molecule is CNC(=O)c1ccc(N2CCC(CC3CCN(C(=O)C(O)(c4cccc(OC(C)C)c4)C(F)(F)F)CC3)CC2)cc1Cl. The van der Waals surface area contributed by atoms with E-state index in [1.165, 1.54) is 12.1 Å². The third-order valence-electron chi connectivity index (χ3n) is 8.32. The van der Waals surface area contributed by atoms with Crippen LogP contribution in [-0.4, -0.2) is 67.3 Å². The summed E-state index contributed by atoms with van der Waals surface area (Å²) < 4.78 is 48.3. The van der Waals surface area contributed by atoms with Gasteiger partial charge in [-0.25, -0.2) is 0 Å². The van der Waals surface area contributed by atoms with Gasteiger partial charge >= 0.3 is 6.18 Å². The molecule has 2 heterocycles. The van der Waals surface area contributed by atoms with E-state index >= 15 is 0 Å². The normalized spacial score (nSPS) is 18.6. The molecular formula is C31H39ClF3N3O4. The molecule has 0 aliphatic carbocycles. The summed E-state index contributed by atoms with van der Waals surface area (Å²) >= 11 is 6.33. The predicted molar refractivity (Wildman–Crippen MR) is 156 cm³/mol. The van der Waals surface area contributed by atoms with Crippen molar-refractivity contribution in [2.75, 3.05) is 38.1 Å². The molecule has 2 aromatic rings. The Morgan fingerprint density at radius 2 is 1.64 bits per heavy atom. The molecule has 42 heavy (non-hydrogen) atoms. The summed E-state index contributed by atoms with van der Waals surface area (Å²) in [6.45, 7) is 5.50. The van der Waals surface area contributed by atoms with Crippen LogP contribution in [0.15, 0.2) is 42.5 Å². The number of aliphatic hydroxyl groups is 1. The molecule has 0 spiro atoms. The van der Waals surface area contributed by atoms with Crippen LogP contribution >= 0.6 is 11.6 Å². The van der Waals surface area contributed by atoms with Gasteiger partial charge in [0.2, 0.25) is 0 Å². The summed E-state index contributed by atoms with van der Waals surface area (Å²) in [4.78, 5) is 28.6. The van der Waals surface area contributed by atoms with Crippen molar-refractivity contribution in [1.29, 1.82) is 0 Å². The molecule has 1 unspecified atom stereocenters. The fraction of sp³-hybridized carbons (Fsp3) is 0.548. The van der Waals surface area contributed by atoms with Crippen LogP contribution in [0.1, 0.15) is 61.9 Å². The van der Waals surface area contributed by atoms with Gasteiger partial charge in [-0.1, -0.05) is 23.7 Å². The number of nitrogens with one attached hydrogen (secondary N) is 1. The second-order valence-corrected chi connectivity index (χ2v) is 12.0. The summed E-state index contributed by atoms with van der Waals surface area (Å²) in [5.41, 5.74) is -2.79. The maximum absolute atomic E-state index is 14.3. The Bertz CT molecular complexity index is 1260. The number of nitrogens with zero attached hydrogens (tertiary/aromatic N) is 2. The molecule has 7 nitrogen and oxygen atoms in total. The number of hydrogen-bond donors (Lipinski definition) is 2. The minimum atomic E-state index is -5.20. The first kappa shape index (κ1) is 31.9. The Balaban J connectivity index is 1.32. The lowest BCUT2D eigenvalue weighted by Gasteiger charge is -2.40. The van der Waals surface area contributed by atoms with Crippen LogP contribution in [0.5, 0.6) is 5.75 Å². The van der Waals surface area contributed by atoms with Gasteiger partial charge < -0.3 is 25.0 Å². The Hall–Kier alpha value is -2.98. The van der Waals surface area contributed by atoms with Gasteiger partial charge in [-0.3, -0.25) is 9.59 Å². The molecule has 0 saturated carbocycles. The predicted octanol–water partition coefficient (Wildman–Crippen LogP) is 5.78. The molecule has 0 bridgehead atoms. The highest BCUT2D eigenvalue weighted by molar-refractivity contribution is 6.34. The van der Waals surface area contributed by atoms with Crippen LogP contribution in [0.25, 0.3) is 0 Å². The molecule has 11 heteroatoms. The molecule has 2 aromatic carbocycles. The van der Waals surface area contributed by atoms with Gasteiger partial charge in [-0.15, -0.1) is 0 Å². The number of anilines is 1. The van der Waals surface area contributed by atoms with E-state index in [4.69, 9.17) is 16.3 Å². The summed E-state index contributed by atoms with van der Waals surface area (Å²) in [5.74, 6) is -0.638. The van der Waals surface area contributed by atoms with Gasteiger partial charge in [-0.2, -0.15) is 13.2 Å². The molecule has 0 radical (unpaired) electrons. The number of hydrogen-bond acceptors (Lipinski definition) is 5. The molecular weight excluding hydrogens is 571 g/mol. The maximum Gasteiger partial charge on any atom is 0.430 e. The van der Waals surface area contributed by atoms with Crippen molar-refractivity contribution in [3.63, 3.8) is 0 Å². The third kappa shape index (κ3) is 6.97. The molecule has 2 saturated heterocycles. The zero-order valence-electron chi connectivity index (χ0n) is 24.2. The molecule has 2 aliphatic rings. The van der Waals surface area contributed by atoms with Crippen molar-refractivity contribution >= 4 is 29.1 Å². The summed E-state index contributed by atoms with van der Waals surface area (Å²) in [5, 5.41) is 13.9. The first-order valence-corrected chi connectivity index (χ1v) is 14.8. The largest absolute Gasteiger partial charge is 0.491 e. The van der Waals surface area contributed by atoms with Gasteiger partial charge in [0, 0.05) is 44.5 Å². The monoisotopic (exact) mass is 609 g/mol. The molecule has 2 aliphatic heterocycles. The lowest BCUT2D eigenvalue weighted by molar-refractivity contribution is -0.262. The second kappa shape index (κ2) is 13.1. The number of carbonyl (C=O) groups is 2. The van der Waals surface area contributed by atoms with E-state index in [1.54, 1.807) is 27.0 Å². The Morgan fingerprint density at radius 3 is 2.19 bits per heavy atom. The highest BCUT2D eigenvalue weighted by atomic mass is 35.5. The van der Waals surface area contributed by atoms with E-state index in [2.05, 4.69) is 10.2 Å². The van der Waals surface area contributed by atoms with E-state index in [1.807, 2.05) is 12.1 Å². The van der Waals surface area contributed by atoms with Crippen LogP contribution in [0, 0.1) is 11.8 Å². The Morgan fingerprint density at radius 1 is 1.02 bits per heavy atom. The van der Waals surface area contributed by atoms with E-state index in [9.17, 15) is 27.9 Å². The van der Waals surface area contributed by atoms with Crippen molar-refractivity contribution in [1.82, 2.24) is 10.2 Å². The molecule has 2 N–H and O–H groups in total. The van der Waals surface area contributed by atoms with E-state index in [0.29, 0.717) is 35.3 Å². The molecule has 4 rings (SSSR count). The van der Waals surface area contributed by atoms with Gasteiger partial charge in [0.1, 0.15) is 5.75 Å². The van der Waals surface area contributed by atoms with Crippen molar-refractivity contribution in [2.24, 2.45) is 11.8 Å². The number of ether oxygens (including phenoxy) is 1. The number of rotatable bonds is 8. The minimum Gasteiger partial charge on any atom is -0.491 e. The van der Waals surface area contributed by atoms with E-state index in [0.717, 1.165) is 55.1 Å². The fourth-order valence-corrected chi connectivity index (χ4v) is 6.25. The van der Waals surface area contributed by atoms with Gasteiger partial charge in [0.15, 0.2) is 0 Å². The molecule has 1 atom stereocenters. The second-order valence-electron chi connectivity index (χ2n) is 11.5. The maximum atomic E-state index is 14.3. The number of benzene rings is 2. The van der Waals surface area contributed by atoms with Crippen LogP contribution in [-0.2, 0) is 10.4 Å². The summed E-state index contributed by atoms with van der Waals surface area (Å²) in [7, 11) is 1.56. The standard InChI is InChI=1S/C31H39ClF3N3O4/c1-20(2)42-25-6-4-5-23(18-25)30(41,31(33,34)35)29(40)38-15-11-22(12-16-38)17-21-9-13-37(14-10-21)24-7-8-26(27(32)19-24)28(39)36-3/h4-8,18-22,41H,9-17H2,1-3H3,(H,36,39). The van der Waals surface area contributed by atoms with Crippen molar-refractivity contribution in [3.05, 3.63) is 58.6 Å². The zero-order valence-corrected chi connectivity index (χ0v) is 25.0. The van der Waals surface area contributed by atoms with Crippen LogP contribution in [0.2, 0.25) is 5.02 Å². The lowest BCUT2D eigenvalue weighted by atomic mass is 9.82. The molecule has 2 fully saturated rings. The topological polar surface area (TPSA) is 82.1 Å². The van der Waals surface area contributed by atoms with E-state index < -0.39 is 23.2 Å². The number of halogens is 4. The van der Waals surface area contributed by atoms with Crippen LogP contribution in [0.4, 0.5) is 18.9 Å². The molecule has 2 amide bonds. The van der Waals surface area contributed by atoms with Crippen LogP contribution < -0.4 is 15.0 Å². The highest BCUT2D eigenvalue weighted by Crippen LogP contribution is 2.42. The van der Waals surface area contributed by atoms with E-state index in [-0.39, 0.29) is 30.9 Å². The zero-order chi connectivity index (χ0) is 30.7. The van der Waals surface area contributed by atoms with Gasteiger partial charge in [0.25, 0.3) is 17.4 Å². The lowest BCUT2D eigenvalue weighted by Crippen LogP contribution is -2.57. The van der Waals surface area contributed by atoms with Crippen molar-refractivity contribution in [2.45, 2.75) is 63.8 Å². The summed E-state index contributed by atoms with van der Waals surface area (Å²) in [6.07, 6.45) is -1.41. The third-order valence-corrected chi connectivity index (χ3v) is 8.63. The summed E-state index contributed by atoms with van der Waals surface area (Å²) in [6, 6.07) is 10.5. The van der Waals surface area contributed by atoms with Gasteiger partial charge in [-0.05, 0) is 88.1 Å². The van der Waals surface area contributed by atoms with Gasteiger partial charge in [0.05, 0.1) is 16.7 Å². The minimum absolute atomic E-state index is 0.159. The first-order valence-electron chi connectivity index (χ1n) is 14.5. The number of piperidine rings is 2. The highest BCUT2D eigenvalue weighted by Gasteiger charge is 2.62. The average Bonchev–Trinajstić information content (AvgIpc) is 2.96. The van der Waals surface area contributed by atoms with Crippen molar-refractivity contribution < 1.29 is 32.6 Å². The number of likely N-dealkylation sites (tertiary alicyclic amines) is 1. The quantitative estimate of drug-likeness (QED) is 0.396. The number of amides is 2. The smallest absolute Gasteiger partial charge is 0.430 e. The Labute approximate surface area is 250 Å². The Kier molecular flexibility index (Phi) is 9.98. The molecule has 0 aromatic heterocycles.